The highest BCUT2D eigenvalue weighted by Gasteiger charge is 2.37. The molecule has 0 aliphatic heterocycles. The van der Waals surface area contributed by atoms with E-state index in [-0.39, 0.29) is 50.6 Å². The molecular weight excluding hydrogens is 633 g/mol. The van der Waals surface area contributed by atoms with Gasteiger partial charge in [0.2, 0.25) is 0 Å². The van der Waals surface area contributed by atoms with Gasteiger partial charge in [-0.05, 0) is 106 Å². The molecule has 2 aliphatic rings. The highest BCUT2D eigenvalue weighted by molar-refractivity contribution is 7.85. The fourth-order valence-electron chi connectivity index (χ4n) is 5.45. The van der Waals surface area contributed by atoms with E-state index >= 15 is 0 Å². The van der Waals surface area contributed by atoms with Gasteiger partial charge in [-0.15, -0.1) is 0 Å². The normalized spacial score (nSPS) is 21.0. The summed E-state index contributed by atoms with van der Waals surface area (Å²) in [5, 5.41) is 0.260. The van der Waals surface area contributed by atoms with Crippen LogP contribution in [0.3, 0.4) is 0 Å². The zero-order valence-electron chi connectivity index (χ0n) is 27.8. The van der Waals surface area contributed by atoms with Crippen molar-refractivity contribution >= 4 is 30.4 Å². The Labute approximate surface area is 286 Å². The van der Waals surface area contributed by atoms with E-state index in [4.69, 9.17) is 18.1 Å². The zero-order valence-corrected chi connectivity index (χ0v) is 29.6. The third-order valence-electron chi connectivity index (χ3n) is 9.17. The Kier molecular flexibility index (Phi) is 17.6. The molecule has 0 spiro atoms. The third kappa shape index (κ3) is 15.1. The van der Waals surface area contributed by atoms with Crippen molar-refractivity contribution in [2.75, 3.05) is 19.5 Å². The average Bonchev–Trinajstić information content (AvgIpc) is 3.62. The maximum absolute atomic E-state index is 12.1. The van der Waals surface area contributed by atoms with Crippen LogP contribution in [-0.4, -0.2) is 60.4 Å². The molecule has 266 valence electrons. The van der Waals surface area contributed by atoms with Crippen LogP contribution >= 0.6 is 0 Å². The molecule has 4 rings (SSSR count). The van der Waals surface area contributed by atoms with Crippen LogP contribution in [-0.2, 0) is 28.2 Å². The Morgan fingerprint density at radius 1 is 0.723 bits per heavy atom. The molecule has 47 heavy (non-hydrogen) atoms. The summed E-state index contributed by atoms with van der Waals surface area (Å²) in [4.78, 5) is 24.0. The molecule has 4 atom stereocenters. The summed E-state index contributed by atoms with van der Waals surface area (Å²) in [7, 11) is -5.02. The van der Waals surface area contributed by atoms with Gasteiger partial charge in [0.1, 0.15) is 12.2 Å². The van der Waals surface area contributed by atoms with Gasteiger partial charge in [0.25, 0.3) is 10.1 Å². The molecule has 8 nitrogen and oxygen atoms in total. The van der Waals surface area contributed by atoms with Gasteiger partial charge in [0.05, 0.1) is 24.0 Å². The summed E-state index contributed by atoms with van der Waals surface area (Å²) in [6.07, 6.45) is 8.38. The monoisotopic (exact) mass is 692 g/mol. The lowest BCUT2D eigenvalue weighted by Crippen LogP contribution is -2.41. The van der Waals surface area contributed by atoms with Crippen LogP contribution in [0.5, 0.6) is 0 Å². The van der Waals surface area contributed by atoms with E-state index in [0.29, 0.717) is 29.4 Å². The van der Waals surface area contributed by atoms with Crippen LogP contribution in [0.4, 0.5) is 0 Å². The van der Waals surface area contributed by atoms with Crippen molar-refractivity contribution in [1.29, 1.82) is 0 Å². The standard InChI is InChI=1S/C20H32O3Si.C15H20O5S.2CH4/c1-20(2,3)24(4,5)22-14-13-16-11-12-18(15-16)23-19(21)17-9-7-6-8-10-17;1-21(17,18)19-10-9-12-7-8-14(11-12)20-15(16)13-5-3-2-4-6-13;;/h6-10,16,18H,11-15H2,1-5H3;2-6,12,14H,7-11H2,1H3;2*1H4/t16-,18-;12-,14-;;/m11../s1. The van der Waals surface area contributed by atoms with Gasteiger partial charge in [0, 0.05) is 6.61 Å². The molecule has 10 heteroatoms. The van der Waals surface area contributed by atoms with E-state index in [1.54, 1.807) is 24.3 Å². The van der Waals surface area contributed by atoms with E-state index in [1.165, 1.54) is 0 Å². The Bertz CT molecular complexity index is 1310. The Balaban J connectivity index is 0.000000454. The average molecular weight is 693 g/mol. The van der Waals surface area contributed by atoms with Crippen LogP contribution in [0.2, 0.25) is 18.1 Å². The largest absolute Gasteiger partial charge is 0.459 e. The molecule has 0 aromatic heterocycles. The molecule has 2 aromatic rings. The van der Waals surface area contributed by atoms with Crippen molar-refractivity contribution < 1.29 is 36.1 Å². The van der Waals surface area contributed by atoms with Gasteiger partial charge < -0.3 is 13.9 Å². The minimum Gasteiger partial charge on any atom is -0.459 e. The van der Waals surface area contributed by atoms with Crippen LogP contribution < -0.4 is 0 Å². The van der Waals surface area contributed by atoms with Gasteiger partial charge in [-0.1, -0.05) is 72.0 Å². The molecule has 2 aliphatic carbocycles. The molecule has 0 bridgehead atoms. The van der Waals surface area contributed by atoms with Crippen LogP contribution in [0.25, 0.3) is 0 Å². The predicted molar refractivity (Wildman–Crippen MR) is 193 cm³/mol. The summed E-state index contributed by atoms with van der Waals surface area (Å²) >= 11 is 0. The molecule has 0 radical (unpaired) electrons. The molecular formula is C37H60O8SSi. The summed E-state index contributed by atoms with van der Waals surface area (Å²) in [5.74, 6) is 0.469. The number of carbonyl (C=O) groups is 2. The number of hydrogen-bond donors (Lipinski definition) is 0. The highest BCUT2D eigenvalue weighted by atomic mass is 32.2. The highest BCUT2D eigenvalue weighted by Crippen LogP contribution is 2.37. The van der Waals surface area contributed by atoms with Gasteiger partial charge in [-0.2, -0.15) is 8.42 Å². The molecule has 0 saturated heterocycles. The van der Waals surface area contributed by atoms with Gasteiger partial charge >= 0.3 is 11.9 Å². The van der Waals surface area contributed by atoms with Crippen LogP contribution in [0, 0.1) is 11.8 Å². The van der Waals surface area contributed by atoms with E-state index in [0.717, 1.165) is 57.8 Å². The third-order valence-corrected chi connectivity index (χ3v) is 14.3. The van der Waals surface area contributed by atoms with Gasteiger partial charge in [-0.25, -0.2) is 9.59 Å². The molecule has 2 fully saturated rings. The molecule has 0 amide bonds. The zero-order chi connectivity index (χ0) is 33.1. The number of rotatable bonds is 12. The van der Waals surface area contributed by atoms with Crippen molar-refractivity contribution in [3.05, 3.63) is 71.8 Å². The summed E-state index contributed by atoms with van der Waals surface area (Å²) in [6, 6.07) is 18.2. The van der Waals surface area contributed by atoms with E-state index < -0.39 is 18.4 Å². The van der Waals surface area contributed by atoms with Gasteiger partial charge in [-0.3, -0.25) is 4.18 Å². The summed E-state index contributed by atoms with van der Waals surface area (Å²) < 4.78 is 43.9. The minimum atomic E-state index is -3.37. The van der Waals surface area contributed by atoms with Crippen molar-refractivity contribution in [2.45, 2.75) is 117 Å². The fraction of sp³-hybridized carbons (Fsp3) is 0.622. The number of carbonyl (C=O) groups excluding carboxylic acids is 2. The lowest BCUT2D eigenvalue weighted by Gasteiger charge is -2.36. The van der Waals surface area contributed by atoms with Gasteiger partial charge in [0.15, 0.2) is 8.32 Å². The minimum absolute atomic E-state index is 0. The fourth-order valence-corrected chi connectivity index (χ4v) is 6.91. The van der Waals surface area contributed by atoms with Crippen molar-refractivity contribution in [2.24, 2.45) is 11.8 Å². The van der Waals surface area contributed by atoms with Crippen LogP contribution in [0.1, 0.15) is 108 Å². The van der Waals surface area contributed by atoms with E-state index in [9.17, 15) is 18.0 Å². The van der Waals surface area contributed by atoms with Crippen LogP contribution in [0.15, 0.2) is 60.7 Å². The second kappa shape index (κ2) is 19.5. The Morgan fingerprint density at radius 2 is 1.13 bits per heavy atom. The van der Waals surface area contributed by atoms with E-state index in [2.05, 4.69) is 33.9 Å². The lowest BCUT2D eigenvalue weighted by molar-refractivity contribution is 0.0297. The second-order valence-electron chi connectivity index (χ2n) is 13.9. The topological polar surface area (TPSA) is 105 Å². The molecule has 0 N–H and O–H groups in total. The lowest BCUT2D eigenvalue weighted by atomic mass is 10.1. The molecule has 2 saturated carbocycles. The maximum Gasteiger partial charge on any atom is 0.338 e. The Hall–Kier alpha value is -2.53. The summed E-state index contributed by atoms with van der Waals surface area (Å²) in [5.41, 5.74) is 1.20. The van der Waals surface area contributed by atoms with Crippen molar-refractivity contribution in [1.82, 2.24) is 0 Å². The number of benzene rings is 2. The molecule has 0 unspecified atom stereocenters. The first-order valence-corrected chi connectivity index (χ1v) is 20.9. The van der Waals surface area contributed by atoms with Crippen molar-refractivity contribution in [3.63, 3.8) is 0 Å². The number of hydrogen-bond acceptors (Lipinski definition) is 8. The predicted octanol–water partition coefficient (Wildman–Crippen LogP) is 9.07. The number of esters is 2. The first-order valence-electron chi connectivity index (χ1n) is 16.1. The van der Waals surface area contributed by atoms with Crippen molar-refractivity contribution in [3.8, 4) is 0 Å². The quantitative estimate of drug-likeness (QED) is 0.123. The number of ether oxygens (including phenoxy) is 2. The van der Waals surface area contributed by atoms with E-state index in [1.807, 2.05) is 36.4 Å². The SMILES string of the molecule is C.C.CC(C)(C)[Si](C)(C)OCC[C@H]1CC[C@@H](OC(=O)c2ccccc2)C1.CS(=O)(=O)OCC[C@H]1CC[C@@H](OC(=O)c2ccccc2)C1. The Morgan fingerprint density at radius 3 is 1.51 bits per heavy atom. The molecule has 0 heterocycles. The smallest absolute Gasteiger partial charge is 0.338 e. The summed E-state index contributed by atoms with van der Waals surface area (Å²) in [6.45, 7) is 12.4. The second-order valence-corrected chi connectivity index (χ2v) is 20.3. The maximum atomic E-state index is 12.1. The first kappa shape index (κ1) is 42.5. The first-order chi connectivity index (χ1) is 21.1. The molecule has 2 aromatic carbocycles.